The predicted octanol–water partition coefficient (Wildman–Crippen LogP) is 2.11. The molecular formula is C13H22N2O2S2. The van der Waals surface area contributed by atoms with Crippen molar-refractivity contribution >= 4 is 21.4 Å². The number of aryl methyl sites for hydroxylation is 2. The smallest absolute Gasteiger partial charge is 0.252 e. The van der Waals surface area contributed by atoms with Gasteiger partial charge in [0.2, 0.25) is 0 Å². The third-order valence-corrected chi connectivity index (χ3v) is 7.36. The lowest BCUT2D eigenvalue weighted by molar-refractivity contribution is 0.243. The lowest BCUT2D eigenvalue weighted by Gasteiger charge is -2.33. The van der Waals surface area contributed by atoms with Gasteiger partial charge in [0.1, 0.15) is 4.21 Å². The molecule has 1 aliphatic rings. The molecule has 1 saturated heterocycles. The maximum Gasteiger partial charge on any atom is 0.252 e. The molecule has 108 valence electrons. The molecule has 0 aliphatic carbocycles. The Kier molecular flexibility index (Phi) is 4.35. The summed E-state index contributed by atoms with van der Waals surface area (Å²) in [6.45, 7) is 6.93. The molecule has 1 aliphatic heterocycles. The van der Waals surface area contributed by atoms with Crippen molar-refractivity contribution in [1.29, 1.82) is 0 Å². The first-order chi connectivity index (χ1) is 8.82. The standard InChI is InChI=1S/C13H22N2O2S2/c1-9-7-10(2)18-13(9)19(16,17)15-6-4-5-12(8-15)11(3)14/h7,11-12H,4-6,8,14H2,1-3H3. The summed E-state index contributed by atoms with van der Waals surface area (Å²) in [6.07, 6.45) is 1.92. The lowest BCUT2D eigenvalue weighted by atomic mass is 9.93. The Bertz CT molecular complexity index is 549. The molecule has 0 bridgehead atoms. The van der Waals surface area contributed by atoms with Crippen LogP contribution in [0.4, 0.5) is 0 Å². The van der Waals surface area contributed by atoms with E-state index in [-0.39, 0.29) is 12.0 Å². The summed E-state index contributed by atoms with van der Waals surface area (Å²) in [5, 5.41) is 0. The number of hydrogen-bond donors (Lipinski definition) is 1. The monoisotopic (exact) mass is 302 g/mol. The van der Waals surface area contributed by atoms with Crippen LogP contribution in [0.2, 0.25) is 0 Å². The van der Waals surface area contributed by atoms with Crippen molar-refractivity contribution in [3.05, 3.63) is 16.5 Å². The van der Waals surface area contributed by atoms with E-state index in [0.717, 1.165) is 23.3 Å². The first-order valence-corrected chi connectivity index (χ1v) is 8.91. The highest BCUT2D eigenvalue weighted by molar-refractivity contribution is 7.91. The van der Waals surface area contributed by atoms with Crippen LogP contribution in [0.5, 0.6) is 0 Å². The molecule has 6 heteroatoms. The second-order valence-electron chi connectivity index (χ2n) is 5.45. The van der Waals surface area contributed by atoms with Crippen LogP contribution in [-0.2, 0) is 10.0 Å². The lowest BCUT2D eigenvalue weighted by Crippen LogP contribution is -2.44. The van der Waals surface area contributed by atoms with Crippen LogP contribution < -0.4 is 5.73 Å². The minimum atomic E-state index is -3.34. The molecule has 19 heavy (non-hydrogen) atoms. The van der Waals surface area contributed by atoms with E-state index in [4.69, 9.17) is 5.73 Å². The van der Waals surface area contributed by atoms with Gasteiger partial charge < -0.3 is 5.73 Å². The Morgan fingerprint density at radius 2 is 2.16 bits per heavy atom. The van der Waals surface area contributed by atoms with Gasteiger partial charge in [0.05, 0.1) is 0 Å². The van der Waals surface area contributed by atoms with E-state index in [1.807, 2.05) is 26.8 Å². The minimum Gasteiger partial charge on any atom is -0.328 e. The van der Waals surface area contributed by atoms with E-state index >= 15 is 0 Å². The maximum absolute atomic E-state index is 12.7. The highest BCUT2D eigenvalue weighted by Gasteiger charge is 2.33. The molecule has 2 atom stereocenters. The zero-order valence-corrected chi connectivity index (χ0v) is 13.4. The van der Waals surface area contributed by atoms with Crippen LogP contribution in [0.1, 0.15) is 30.2 Å². The fourth-order valence-corrected chi connectivity index (χ4v) is 5.95. The first kappa shape index (κ1) is 15.0. The molecular weight excluding hydrogens is 280 g/mol. The number of nitrogens with zero attached hydrogens (tertiary/aromatic N) is 1. The van der Waals surface area contributed by atoms with Gasteiger partial charge in [0, 0.05) is 24.0 Å². The molecule has 2 rings (SSSR count). The van der Waals surface area contributed by atoms with E-state index in [9.17, 15) is 8.42 Å². The average Bonchev–Trinajstić information content (AvgIpc) is 2.69. The van der Waals surface area contributed by atoms with Gasteiger partial charge in [0.25, 0.3) is 10.0 Å². The predicted molar refractivity (Wildman–Crippen MR) is 78.9 cm³/mol. The molecule has 1 aromatic rings. The summed E-state index contributed by atoms with van der Waals surface area (Å²) in [5.74, 6) is 0.268. The zero-order chi connectivity index (χ0) is 14.2. The van der Waals surface area contributed by atoms with Crippen LogP contribution in [0.3, 0.4) is 0 Å². The van der Waals surface area contributed by atoms with Crippen LogP contribution >= 0.6 is 11.3 Å². The van der Waals surface area contributed by atoms with E-state index in [0.29, 0.717) is 17.3 Å². The highest BCUT2D eigenvalue weighted by Crippen LogP contribution is 2.31. The Hall–Kier alpha value is -0.430. The fraction of sp³-hybridized carbons (Fsp3) is 0.692. The van der Waals surface area contributed by atoms with E-state index < -0.39 is 10.0 Å². The molecule has 1 aromatic heterocycles. The first-order valence-electron chi connectivity index (χ1n) is 6.65. The topological polar surface area (TPSA) is 63.4 Å². The van der Waals surface area contributed by atoms with Crippen molar-refractivity contribution in [2.45, 2.75) is 43.9 Å². The molecule has 2 heterocycles. The summed E-state index contributed by atoms with van der Waals surface area (Å²) in [5.41, 5.74) is 6.78. The Morgan fingerprint density at radius 1 is 1.47 bits per heavy atom. The second-order valence-corrected chi connectivity index (χ2v) is 8.84. The SMILES string of the molecule is Cc1cc(C)c(S(=O)(=O)N2CCCC(C(C)N)C2)s1. The van der Waals surface area contributed by atoms with Crippen molar-refractivity contribution < 1.29 is 8.42 Å². The summed E-state index contributed by atoms with van der Waals surface area (Å²) in [6, 6.07) is 1.98. The Morgan fingerprint density at radius 3 is 2.68 bits per heavy atom. The number of sulfonamides is 1. The van der Waals surface area contributed by atoms with Gasteiger partial charge in [-0.3, -0.25) is 0 Å². The van der Waals surface area contributed by atoms with Crippen molar-refractivity contribution in [3.8, 4) is 0 Å². The normalized spacial score (nSPS) is 23.5. The van der Waals surface area contributed by atoms with Crippen molar-refractivity contribution in [1.82, 2.24) is 4.31 Å². The van der Waals surface area contributed by atoms with Crippen LogP contribution in [-0.4, -0.2) is 31.9 Å². The molecule has 0 saturated carbocycles. The maximum atomic E-state index is 12.7. The van der Waals surface area contributed by atoms with Crippen LogP contribution in [0.25, 0.3) is 0 Å². The molecule has 2 unspecified atom stereocenters. The van der Waals surface area contributed by atoms with Gasteiger partial charge in [-0.1, -0.05) is 0 Å². The van der Waals surface area contributed by atoms with Crippen molar-refractivity contribution in [3.63, 3.8) is 0 Å². The third-order valence-electron chi connectivity index (χ3n) is 3.73. The van der Waals surface area contributed by atoms with Crippen LogP contribution in [0.15, 0.2) is 10.3 Å². The summed E-state index contributed by atoms with van der Waals surface area (Å²) < 4.78 is 27.5. The molecule has 2 N–H and O–H groups in total. The van der Waals surface area contributed by atoms with E-state index in [2.05, 4.69) is 0 Å². The van der Waals surface area contributed by atoms with Gasteiger partial charge in [-0.05, 0) is 51.2 Å². The zero-order valence-electron chi connectivity index (χ0n) is 11.7. The average molecular weight is 302 g/mol. The van der Waals surface area contributed by atoms with E-state index in [1.54, 1.807) is 4.31 Å². The van der Waals surface area contributed by atoms with Gasteiger partial charge in [-0.25, -0.2) is 8.42 Å². The highest BCUT2D eigenvalue weighted by atomic mass is 32.2. The number of thiophene rings is 1. The quantitative estimate of drug-likeness (QED) is 0.930. The minimum absolute atomic E-state index is 0.0455. The van der Waals surface area contributed by atoms with Crippen molar-refractivity contribution in [2.24, 2.45) is 11.7 Å². The fourth-order valence-electron chi connectivity index (χ4n) is 2.61. The number of hydrogen-bond acceptors (Lipinski definition) is 4. The number of piperidine rings is 1. The van der Waals surface area contributed by atoms with Gasteiger partial charge >= 0.3 is 0 Å². The number of rotatable bonds is 3. The van der Waals surface area contributed by atoms with Gasteiger partial charge in [-0.2, -0.15) is 4.31 Å². The van der Waals surface area contributed by atoms with Gasteiger partial charge in [0.15, 0.2) is 0 Å². The number of nitrogens with two attached hydrogens (primary N) is 1. The molecule has 4 nitrogen and oxygen atoms in total. The second kappa shape index (κ2) is 5.52. The summed E-state index contributed by atoms with van der Waals surface area (Å²) >= 11 is 1.36. The summed E-state index contributed by atoms with van der Waals surface area (Å²) in [7, 11) is -3.34. The molecule has 0 spiro atoms. The Labute approximate surface area is 119 Å². The molecule has 0 aromatic carbocycles. The molecule has 0 amide bonds. The molecule has 1 fully saturated rings. The Balaban J connectivity index is 2.27. The molecule has 0 radical (unpaired) electrons. The largest absolute Gasteiger partial charge is 0.328 e. The van der Waals surface area contributed by atoms with Gasteiger partial charge in [-0.15, -0.1) is 11.3 Å². The third kappa shape index (κ3) is 3.02. The van der Waals surface area contributed by atoms with Crippen molar-refractivity contribution in [2.75, 3.05) is 13.1 Å². The summed E-state index contributed by atoms with van der Waals surface area (Å²) in [4.78, 5) is 1.04. The van der Waals surface area contributed by atoms with Crippen LogP contribution in [0, 0.1) is 19.8 Å². The van der Waals surface area contributed by atoms with E-state index in [1.165, 1.54) is 11.3 Å².